The molecule has 0 aromatic heterocycles. The van der Waals surface area contributed by atoms with E-state index < -0.39 is 10.0 Å². The van der Waals surface area contributed by atoms with Gasteiger partial charge in [0.1, 0.15) is 6.61 Å². The van der Waals surface area contributed by atoms with Gasteiger partial charge in [0.25, 0.3) is 5.91 Å². The zero-order valence-corrected chi connectivity index (χ0v) is 16.6. The molecule has 0 unspecified atom stereocenters. The van der Waals surface area contributed by atoms with Crippen molar-refractivity contribution in [1.82, 2.24) is 9.62 Å². The van der Waals surface area contributed by atoms with Crippen LogP contribution in [0, 0.1) is 0 Å². The lowest BCUT2D eigenvalue weighted by atomic mass is 10.2. The number of methoxy groups -OCH3 is 1. The van der Waals surface area contributed by atoms with Crippen molar-refractivity contribution < 1.29 is 22.7 Å². The van der Waals surface area contributed by atoms with Gasteiger partial charge in [-0.05, 0) is 49.2 Å². The molecule has 28 heavy (non-hydrogen) atoms. The number of hydrogen-bond acceptors (Lipinski definition) is 5. The molecule has 8 heteroatoms. The number of benzene rings is 2. The Morgan fingerprint density at radius 3 is 2.32 bits per heavy atom. The zero-order chi connectivity index (χ0) is 20.0. The highest BCUT2D eigenvalue weighted by Gasteiger charge is 2.27. The van der Waals surface area contributed by atoms with Gasteiger partial charge in [-0.15, -0.1) is 0 Å². The number of hydrogen-bond donors (Lipinski definition) is 1. The minimum Gasteiger partial charge on any atom is -0.493 e. The van der Waals surface area contributed by atoms with E-state index in [4.69, 9.17) is 9.47 Å². The Morgan fingerprint density at radius 2 is 1.68 bits per heavy atom. The molecule has 0 aliphatic carbocycles. The molecule has 1 heterocycles. The third-order valence-electron chi connectivity index (χ3n) is 4.53. The van der Waals surface area contributed by atoms with Crippen LogP contribution < -0.4 is 14.8 Å². The average Bonchev–Trinajstić information content (AvgIpc) is 3.27. The van der Waals surface area contributed by atoms with Crippen molar-refractivity contribution in [2.75, 3.05) is 33.4 Å². The molecule has 1 N–H and O–H groups in total. The fourth-order valence-corrected chi connectivity index (χ4v) is 4.54. The van der Waals surface area contributed by atoms with Crippen LogP contribution in [-0.2, 0) is 10.0 Å². The van der Waals surface area contributed by atoms with E-state index in [1.54, 1.807) is 19.2 Å². The monoisotopic (exact) mass is 404 g/mol. The first kappa shape index (κ1) is 20.2. The fourth-order valence-electron chi connectivity index (χ4n) is 3.02. The Morgan fingerprint density at radius 1 is 1.04 bits per heavy atom. The van der Waals surface area contributed by atoms with Gasteiger partial charge in [0.15, 0.2) is 11.5 Å². The Bertz CT molecular complexity index is 906. The molecule has 1 saturated heterocycles. The molecule has 2 aromatic carbocycles. The molecular formula is C20H24N2O5S. The fraction of sp³-hybridized carbons (Fsp3) is 0.350. The van der Waals surface area contributed by atoms with Gasteiger partial charge in [-0.1, -0.05) is 12.1 Å². The van der Waals surface area contributed by atoms with E-state index in [0.717, 1.165) is 12.8 Å². The molecule has 3 rings (SSSR count). The molecule has 150 valence electrons. The summed E-state index contributed by atoms with van der Waals surface area (Å²) >= 11 is 0. The molecule has 0 spiro atoms. The first-order valence-electron chi connectivity index (χ1n) is 9.16. The highest BCUT2D eigenvalue weighted by Crippen LogP contribution is 2.25. The molecule has 0 radical (unpaired) electrons. The second kappa shape index (κ2) is 9.07. The Hall–Kier alpha value is -2.58. The summed E-state index contributed by atoms with van der Waals surface area (Å²) in [6.07, 6.45) is 1.77. The van der Waals surface area contributed by atoms with Crippen molar-refractivity contribution in [3.63, 3.8) is 0 Å². The SMILES string of the molecule is COc1ccccc1OCCNC(=O)c1ccc(S(=O)(=O)N2CCCC2)cc1. The maximum absolute atomic E-state index is 12.5. The topological polar surface area (TPSA) is 84.9 Å². The van der Waals surface area contributed by atoms with Gasteiger partial charge in [-0.2, -0.15) is 4.31 Å². The van der Waals surface area contributed by atoms with E-state index in [1.807, 2.05) is 12.1 Å². The third kappa shape index (κ3) is 4.63. The molecule has 1 aliphatic heterocycles. The lowest BCUT2D eigenvalue weighted by molar-refractivity contribution is 0.0946. The molecule has 1 fully saturated rings. The largest absolute Gasteiger partial charge is 0.493 e. The first-order chi connectivity index (χ1) is 13.5. The van der Waals surface area contributed by atoms with Crippen LogP contribution in [0.3, 0.4) is 0 Å². The van der Waals surface area contributed by atoms with Crippen molar-refractivity contribution in [2.24, 2.45) is 0 Å². The van der Waals surface area contributed by atoms with Crippen molar-refractivity contribution in [3.05, 3.63) is 54.1 Å². The summed E-state index contributed by atoms with van der Waals surface area (Å²) < 4.78 is 37.3. The molecule has 2 aromatic rings. The van der Waals surface area contributed by atoms with Crippen molar-refractivity contribution in [2.45, 2.75) is 17.7 Å². The number of sulfonamides is 1. The number of nitrogens with zero attached hydrogens (tertiary/aromatic N) is 1. The van der Waals surface area contributed by atoms with Crippen molar-refractivity contribution >= 4 is 15.9 Å². The minimum absolute atomic E-state index is 0.213. The van der Waals surface area contributed by atoms with Gasteiger partial charge in [0, 0.05) is 18.7 Å². The number of nitrogens with one attached hydrogen (secondary N) is 1. The van der Waals surface area contributed by atoms with E-state index in [-0.39, 0.29) is 17.4 Å². The molecule has 1 aliphatic rings. The number of ether oxygens (including phenoxy) is 2. The van der Waals surface area contributed by atoms with Crippen LogP contribution in [0.5, 0.6) is 11.5 Å². The highest BCUT2D eigenvalue weighted by molar-refractivity contribution is 7.89. The zero-order valence-electron chi connectivity index (χ0n) is 15.8. The number of rotatable bonds is 8. The van der Waals surface area contributed by atoms with Crippen molar-refractivity contribution in [1.29, 1.82) is 0 Å². The maximum atomic E-state index is 12.5. The van der Waals surface area contributed by atoms with Crippen LogP contribution in [-0.4, -0.2) is 52.0 Å². The molecule has 0 bridgehead atoms. The van der Waals surface area contributed by atoms with Gasteiger partial charge >= 0.3 is 0 Å². The van der Waals surface area contributed by atoms with Crippen LogP contribution in [0.25, 0.3) is 0 Å². The lowest BCUT2D eigenvalue weighted by Crippen LogP contribution is -2.29. The number of carbonyl (C=O) groups excluding carboxylic acids is 1. The van der Waals surface area contributed by atoms with Gasteiger partial charge < -0.3 is 14.8 Å². The summed E-state index contributed by atoms with van der Waals surface area (Å²) in [7, 11) is -1.90. The first-order valence-corrected chi connectivity index (χ1v) is 10.6. The summed E-state index contributed by atoms with van der Waals surface area (Å²) in [4.78, 5) is 12.5. The molecule has 1 amide bonds. The second-order valence-corrected chi connectivity index (χ2v) is 8.33. The second-order valence-electron chi connectivity index (χ2n) is 6.39. The maximum Gasteiger partial charge on any atom is 0.251 e. The predicted molar refractivity (Wildman–Crippen MR) is 105 cm³/mol. The van der Waals surface area contributed by atoms with Crippen LogP contribution in [0.2, 0.25) is 0 Å². The van der Waals surface area contributed by atoms with Crippen LogP contribution in [0.1, 0.15) is 23.2 Å². The third-order valence-corrected chi connectivity index (χ3v) is 6.45. The Labute approximate surface area is 165 Å². The summed E-state index contributed by atoms with van der Waals surface area (Å²) in [6, 6.07) is 13.3. The number of amides is 1. The van der Waals surface area contributed by atoms with E-state index >= 15 is 0 Å². The summed E-state index contributed by atoms with van der Waals surface area (Å²) in [6.45, 7) is 1.70. The predicted octanol–water partition coefficient (Wildman–Crippen LogP) is 2.29. The van der Waals surface area contributed by atoms with Gasteiger partial charge in [0.2, 0.25) is 10.0 Å². The quantitative estimate of drug-likeness (QED) is 0.683. The normalized spacial score (nSPS) is 14.6. The van der Waals surface area contributed by atoms with E-state index in [1.165, 1.54) is 28.6 Å². The summed E-state index contributed by atoms with van der Waals surface area (Å²) in [5.41, 5.74) is 0.401. The standard InChI is InChI=1S/C20H24N2O5S/c1-26-18-6-2-3-7-19(18)27-15-12-21-20(23)16-8-10-17(11-9-16)28(24,25)22-13-4-5-14-22/h2-3,6-11H,4-5,12-15H2,1H3,(H,21,23). The Balaban J connectivity index is 1.52. The van der Waals surface area contributed by atoms with E-state index in [0.29, 0.717) is 36.7 Å². The molecule has 0 atom stereocenters. The van der Waals surface area contributed by atoms with Crippen LogP contribution in [0.15, 0.2) is 53.4 Å². The molecular weight excluding hydrogens is 380 g/mol. The highest BCUT2D eigenvalue weighted by atomic mass is 32.2. The Kier molecular flexibility index (Phi) is 6.53. The van der Waals surface area contributed by atoms with Crippen LogP contribution >= 0.6 is 0 Å². The summed E-state index contributed by atoms with van der Waals surface area (Å²) in [5.74, 6) is 0.952. The number of carbonyl (C=O) groups is 1. The lowest BCUT2D eigenvalue weighted by Gasteiger charge is -2.15. The van der Waals surface area contributed by atoms with Gasteiger partial charge in [-0.25, -0.2) is 8.42 Å². The van der Waals surface area contributed by atoms with Crippen molar-refractivity contribution in [3.8, 4) is 11.5 Å². The van der Waals surface area contributed by atoms with E-state index in [9.17, 15) is 13.2 Å². The van der Waals surface area contributed by atoms with Gasteiger partial charge in [0.05, 0.1) is 18.6 Å². The molecule has 0 saturated carbocycles. The van der Waals surface area contributed by atoms with Gasteiger partial charge in [-0.3, -0.25) is 4.79 Å². The molecule has 7 nitrogen and oxygen atoms in total. The minimum atomic E-state index is -3.47. The van der Waals surface area contributed by atoms with E-state index in [2.05, 4.69) is 5.32 Å². The average molecular weight is 404 g/mol. The smallest absolute Gasteiger partial charge is 0.251 e. The summed E-state index contributed by atoms with van der Waals surface area (Å²) in [5, 5.41) is 2.76. The number of para-hydroxylation sites is 2. The van der Waals surface area contributed by atoms with Crippen LogP contribution in [0.4, 0.5) is 0 Å².